The van der Waals surface area contributed by atoms with Crippen LogP contribution < -0.4 is 4.74 Å². The van der Waals surface area contributed by atoms with Crippen LogP contribution in [0.25, 0.3) is 21.5 Å². The number of thiophene rings is 1. The van der Waals surface area contributed by atoms with Crippen LogP contribution in [0.4, 0.5) is 0 Å². The Morgan fingerprint density at radius 2 is 1.96 bits per heavy atom. The molecule has 0 amide bonds. The Hall–Kier alpha value is -2.73. The molecule has 1 aliphatic carbocycles. The standard InChI is InChI=1S/C20H17N3O2S/c1-2-6-13(7-3-1)16-10-14(25-23-16)11-24-19-18-15-8-4-5-9-17(15)26-20(18)22-12-21-19/h1-3,6-7,10,12H,4-5,8-9,11H2. The molecule has 4 aromatic rings. The Labute approximate surface area is 154 Å². The minimum absolute atomic E-state index is 0.302. The van der Waals surface area contributed by atoms with Crippen LogP contribution in [0, 0.1) is 0 Å². The molecular weight excluding hydrogens is 346 g/mol. The molecule has 0 fully saturated rings. The zero-order chi connectivity index (χ0) is 17.3. The molecule has 0 saturated carbocycles. The van der Waals surface area contributed by atoms with E-state index in [0.717, 1.165) is 34.3 Å². The Morgan fingerprint density at radius 1 is 1.08 bits per heavy atom. The molecule has 130 valence electrons. The molecule has 0 aliphatic heterocycles. The van der Waals surface area contributed by atoms with Gasteiger partial charge in [-0.05, 0) is 31.2 Å². The van der Waals surface area contributed by atoms with Gasteiger partial charge in [0.05, 0.1) is 5.39 Å². The molecule has 6 heteroatoms. The highest BCUT2D eigenvalue weighted by atomic mass is 32.1. The minimum atomic E-state index is 0.302. The minimum Gasteiger partial charge on any atom is -0.469 e. The summed E-state index contributed by atoms with van der Waals surface area (Å²) in [6.07, 6.45) is 6.27. The molecule has 0 saturated heterocycles. The van der Waals surface area contributed by atoms with Crippen LogP contribution in [-0.4, -0.2) is 15.1 Å². The van der Waals surface area contributed by atoms with Crippen LogP contribution >= 0.6 is 11.3 Å². The summed E-state index contributed by atoms with van der Waals surface area (Å²) in [6.45, 7) is 0.302. The topological polar surface area (TPSA) is 61.0 Å². The average molecular weight is 363 g/mol. The number of benzene rings is 1. The molecule has 1 aromatic carbocycles. The second kappa shape index (κ2) is 6.53. The largest absolute Gasteiger partial charge is 0.469 e. The van der Waals surface area contributed by atoms with E-state index in [2.05, 4.69) is 15.1 Å². The van der Waals surface area contributed by atoms with E-state index in [1.807, 2.05) is 36.4 Å². The Bertz CT molecular complexity index is 1060. The maximum absolute atomic E-state index is 6.00. The molecule has 0 N–H and O–H groups in total. The van der Waals surface area contributed by atoms with E-state index in [9.17, 15) is 0 Å². The predicted molar refractivity (Wildman–Crippen MR) is 100 cm³/mol. The van der Waals surface area contributed by atoms with Gasteiger partial charge in [-0.3, -0.25) is 0 Å². The number of aryl methyl sites for hydroxylation is 2. The highest BCUT2D eigenvalue weighted by Gasteiger charge is 2.21. The lowest BCUT2D eigenvalue weighted by atomic mass is 9.97. The summed E-state index contributed by atoms with van der Waals surface area (Å²) in [5.74, 6) is 1.33. The molecule has 0 bridgehead atoms. The van der Waals surface area contributed by atoms with Crippen molar-refractivity contribution in [2.45, 2.75) is 32.3 Å². The fourth-order valence-corrected chi connectivity index (χ4v) is 4.66. The van der Waals surface area contributed by atoms with E-state index in [-0.39, 0.29) is 0 Å². The van der Waals surface area contributed by atoms with Crippen molar-refractivity contribution in [3.63, 3.8) is 0 Å². The first-order valence-electron chi connectivity index (χ1n) is 8.77. The maximum atomic E-state index is 6.00. The number of hydrogen-bond donors (Lipinski definition) is 0. The smallest absolute Gasteiger partial charge is 0.226 e. The fourth-order valence-electron chi connectivity index (χ4n) is 3.44. The Morgan fingerprint density at radius 3 is 2.88 bits per heavy atom. The van der Waals surface area contributed by atoms with Gasteiger partial charge in [0, 0.05) is 16.5 Å². The quantitative estimate of drug-likeness (QED) is 0.521. The number of aromatic nitrogens is 3. The van der Waals surface area contributed by atoms with Crippen molar-refractivity contribution >= 4 is 21.6 Å². The van der Waals surface area contributed by atoms with Gasteiger partial charge in [-0.15, -0.1) is 11.3 Å². The SMILES string of the molecule is c1ccc(-c2cc(COc3ncnc4sc5c(c34)CCCC5)on2)cc1. The molecule has 26 heavy (non-hydrogen) atoms. The van der Waals surface area contributed by atoms with Crippen LogP contribution in [0.2, 0.25) is 0 Å². The first-order chi connectivity index (χ1) is 12.9. The van der Waals surface area contributed by atoms with Gasteiger partial charge in [-0.25, -0.2) is 9.97 Å². The summed E-state index contributed by atoms with van der Waals surface area (Å²) in [5.41, 5.74) is 3.21. The lowest BCUT2D eigenvalue weighted by Gasteiger charge is -2.11. The van der Waals surface area contributed by atoms with Gasteiger partial charge >= 0.3 is 0 Å². The van der Waals surface area contributed by atoms with Gasteiger partial charge in [0.15, 0.2) is 12.4 Å². The normalized spacial score (nSPS) is 13.7. The molecule has 3 aromatic heterocycles. The lowest BCUT2D eigenvalue weighted by molar-refractivity contribution is 0.244. The summed E-state index contributed by atoms with van der Waals surface area (Å²) in [7, 11) is 0. The van der Waals surface area contributed by atoms with E-state index < -0.39 is 0 Å². The first-order valence-corrected chi connectivity index (χ1v) is 9.59. The van der Waals surface area contributed by atoms with Gasteiger partial charge in [0.25, 0.3) is 0 Å². The number of nitrogens with zero attached hydrogens (tertiary/aromatic N) is 3. The maximum Gasteiger partial charge on any atom is 0.226 e. The fraction of sp³-hybridized carbons (Fsp3) is 0.250. The highest BCUT2D eigenvalue weighted by Crippen LogP contribution is 2.39. The Kier molecular flexibility index (Phi) is 3.90. The Balaban J connectivity index is 1.41. The van der Waals surface area contributed by atoms with Crippen LogP contribution in [-0.2, 0) is 19.4 Å². The van der Waals surface area contributed by atoms with Gasteiger partial charge in [0.2, 0.25) is 5.88 Å². The van der Waals surface area contributed by atoms with E-state index in [0.29, 0.717) is 18.2 Å². The third kappa shape index (κ3) is 2.76. The number of ether oxygens (including phenoxy) is 1. The monoisotopic (exact) mass is 363 g/mol. The number of fused-ring (bicyclic) bond motifs is 3. The van der Waals surface area contributed by atoms with Crippen molar-refractivity contribution in [3.8, 4) is 17.1 Å². The van der Waals surface area contributed by atoms with Crippen LogP contribution in [0.15, 0.2) is 47.2 Å². The molecular formula is C20H17N3O2S. The van der Waals surface area contributed by atoms with E-state index in [4.69, 9.17) is 9.26 Å². The van der Waals surface area contributed by atoms with Crippen molar-refractivity contribution in [2.75, 3.05) is 0 Å². The van der Waals surface area contributed by atoms with Crippen molar-refractivity contribution in [2.24, 2.45) is 0 Å². The average Bonchev–Trinajstić information content (AvgIpc) is 3.32. The van der Waals surface area contributed by atoms with Crippen LogP contribution in [0.3, 0.4) is 0 Å². The van der Waals surface area contributed by atoms with Gasteiger partial charge in [-0.2, -0.15) is 0 Å². The summed E-state index contributed by atoms with van der Waals surface area (Å²) in [5, 5.41) is 5.21. The predicted octanol–water partition coefficient (Wildman–Crippen LogP) is 4.80. The third-order valence-corrected chi connectivity index (χ3v) is 5.90. The number of hydrogen-bond acceptors (Lipinski definition) is 6. The van der Waals surface area contributed by atoms with Gasteiger partial charge in [0.1, 0.15) is 16.9 Å². The second-order valence-corrected chi connectivity index (χ2v) is 7.49. The second-order valence-electron chi connectivity index (χ2n) is 6.40. The molecule has 5 nitrogen and oxygen atoms in total. The third-order valence-electron chi connectivity index (χ3n) is 4.70. The lowest BCUT2D eigenvalue weighted by Crippen LogP contribution is -2.01. The zero-order valence-electron chi connectivity index (χ0n) is 14.1. The van der Waals surface area contributed by atoms with Gasteiger partial charge in [-0.1, -0.05) is 35.5 Å². The molecule has 5 rings (SSSR count). The van der Waals surface area contributed by atoms with Crippen molar-refractivity contribution in [1.82, 2.24) is 15.1 Å². The first kappa shape index (κ1) is 15.5. The molecule has 0 atom stereocenters. The van der Waals surface area contributed by atoms with Crippen LogP contribution in [0.5, 0.6) is 5.88 Å². The van der Waals surface area contributed by atoms with Crippen molar-refractivity contribution in [3.05, 3.63) is 58.9 Å². The summed E-state index contributed by atoms with van der Waals surface area (Å²) < 4.78 is 11.4. The molecule has 0 spiro atoms. The molecule has 0 radical (unpaired) electrons. The van der Waals surface area contributed by atoms with E-state index >= 15 is 0 Å². The zero-order valence-corrected chi connectivity index (χ0v) is 15.0. The van der Waals surface area contributed by atoms with Crippen molar-refractivity contribution in [1.29, 1.82) is 0 Å². The van der Waals surface area contributed by atoms with Crippen molar-refractivity contribution < 1.29 is 9.26 Å². The van der Waals surface area contributed by atoms with Crippen LogP contribution in [0.1, 0.15) is 29.0 Å². The summed E-state index contributed by atoms with van der Waals surface area (Å²) in [6, 6.07) is 11.9. The number of rotatable bonds is 4. The molecule has 1 aliphatic rings. The summed E-state index contributed by atoms with van der Waals surface area (Å²) in [4.78, 5) is 11.3. The molecule has 0 unspecified atom stereocenters. The van der Waals surface area contributed by atoms with E-state index in [1.54, 1.807) is 17.7 Å². The van der Waals surface area contributed by atoms with Gasteiger partial charge < -0.3 is 9.26 Å². The molecule has 3 heterocycles. The highest BCUT2D eigenvalue weighted by molar-refractivity contribution is 7.18. The summed E-state index contributed by atoms with van der Waals surface area (Å²) >= 11 is 1.77. The van der Waals surface area contributed by atoms with E-state index in [1.165, 1.54) is 23.3 Å².